The van der Waals surface area contributed by atoms with Crippen molar-refractivity contribution in [3.05, 3.63) is 94.0 Å². The van der Waals surface area contributed by atoms with Crippen molar-refractivity contribution < 1.29 is 13.2 Å². The summed E-state index contributed by atoms with van der Waals surface area (Å²) in [7, 11) is 0. The quantitative estimate of drug-likeness (QED) is 0.284. The first kappa shape index (κ1) is 25.9. The molecule has 0 spiro atoms. The average molecular weight is 547 g/mol. The topological polar surface area (TPSA) is 85.9 Å². The minimum Gasteiger partial charge on any atom is -0.389 e. The van der Waals surface area contributed by atoms with Crippen LogP contribution >= 0.6 is 0 Å². The predicted octanol–water partition coefficient (Wildman–Crippen LogP) is 6.02. The maximum absolute atomic E-state index is 13.6. The van der Waals surface area contributed by atoms with Gasteiger partial charge in [0, 0.05) is 36.9 Å². The molecule has 0 atom stereocenters. The molecule has 2 aliphatic heterocycles. The highest BCUT2D eigenvalue weighted by Crippen LogP contribution is 2.39. The number of aromatic amines is 1. The van der Waals surface area contributed by atoms with Crippen LogP contribution in [0.3, 0.4) is 0 Å². The Kier molecular flexibility index (Phi) is 6.91. The van der Waals surface area contributed by atoms with Crippen molar-refractivity contribution in [1.82, 2.24) is 20.3 Å². The number of nitrogens with one attached hydrogen (secondary N) is 3. The summed E-state index contributed by atoms with van der Waals surface area (Å²) in [5.41, 5.74) is 1.96. The maximum Gasteiger partial charge on any atom is 0.416 e. The van der Waals surface area contributed by atoms with Gasteiger partial charge in [0.05, 0.1) is 16.8 Å². The normalized spacial score (nSPS) is 16.5. The Balaban J connectivity index is 1.32. The monoisotopic (exact) mass is 546 g/mol. The SMILES string of the molecule is O=c1[nH]c(N2CCC(c3ccccc3C(F)(F)F)CC2)nc(NC2=CNCCC2)c1-c1ccc2ccccc2n1. The number of pyridine rings is 1. The molecule has 4 aromatic rings. The number of fused-ring (bicyclic) bond motifs is 1. The van der Waals surface area contributed by atoms with E-state index < -0.39 is 11.7 Å². The molecule has 0 radical (unpaired) electrons. The van der Waals surface area contributed by atoms with E-state index in [9.17, 15) is 18.0 Å². The highest BCUT2D eigenvalue weighted by Gasteiger charge is 2.36. The number of halogens is 3. The maximum atomic E-state index is 13.6. The number of aromatic nitrogens is 3. The summed E-state index contributed by atoms with van der Waals surface area (Å²) in [5, 5.41) is 7.54. The first-order chi connectivity index (χ1) is 19.4. The number of allylic oxidation sites excluding steroid dienone is 1. The van der Waals surface area contributed by atoms with E-state index in [1.54, 1.807) is 12.1 Å². The fourth-order valence-electron chi connectivity index (χ4n) is 5.56. The minimum absolute atomic E-state index is 0.224. The van der Waals surface area contributed by atoms with Crippen LogP contribution in [0.2, 0.25) is 0 Å². The van der Waals surface area contributed by atoms with Crippen molar-refractivity contribution in [1.29, 1.82) is 0 Å². The van der Waals surface area contributed by atoms with E-state index in [-0.39, 0.29) is 11.5 Å². The van der Waals surface area contributed by atoms with Gasteiger partial charge in [-0.05, 0) is 55.4 Å². The van der Waals surface area contributed by atoms with E-state index in [0.717, 1.165) is 42.1 Å². The second kappa shape index (κ2) is 10.7. The Morgan fingerprint density at radius 2 is 1.73 bits per heavy atom. The van der Waals surface area contributed by atoms with Gasteiger partial charge >= 0.3 is 6.18 Å². The predicted molar refractivity (Wildman–Crippen MR) is 150 cm³/mol. The molecule has 2 aliphatic rings. The molecular weight excluding hydrogens is 517 g/mol. The van der Waals surface area contributed by atoms with Gasteiger partial charge in [0.15, 0.2) is 0 Å². The number of benzene rings is 2. The average Bonchev–Trinajstić information content (AvgIpc) is 2.97. The number of hydrogen-bond acceptors (Lipinski definition) is 6. The molecule has 206 valence electrons. The first-order valence-corrected chi connectivity index (χ1v) is 13.5. The van der Waals surface area contributed by atoms with Crippen LogP contribution in [0.4, 0.5) is 24.9 Å². The molecule has 0 bridgehead atoms. The van der Waals surface area contributed by atoms with Crippen molar-refractivity contribution in [2.24, 2.45) is 0 Å². The van der Waals surface area contributed by atoms with Gasteiger partial charge in [-0.3, -0.25) is 9.78 Å². The Hall–Kier alpha value is -4.34. The number of anilines is 2. The Morgan fingerprint density at radius 1 is 0.950 bits per heavy atom. The molecule has 0 unspecified atom stereocenters. The molecule has 4 heterocycles. The van der Waals surface area contributed by atoms with Crippen molar-refractivity contribution in [3.8, 4) is 11.3 Å². The second-order valence-corrected chi connectivity index (χ2v) is 10.2. The standard InChI is InChI=1S/C30H29F3N6O/c31-30(32,33)23-9-3-2-8-22(23)19-13-16-39(17-14-19)29-37-27(35-21-7-5-15-34-18-21)26(28(40)38-29)25-12-11-20-6-1-4-10-24(20)36-25/h1-4,6,8-12,18-19,34H,5,7,13-17H2,(H2,35,37,38,40). The summed E-state index contributed by atoms with van der Waals surface area (Å²) >= 11 is 0. The highest BCUT2D eigenvalue weighted by atomic mass is 19.4. The molecule has 7 nitrogen and oxygen atoms in total. The Labute approximate surface area is 229 Å². The lowest BCUT2D eigenvalue weighted by Crippen LogP contribution is -2.36. The lowest BCUT2D eigenvalue weighted by atomic mass is 9.86. The highest BCUT2D eigenvalue weighted by molar-refractivity contribution is 5.83. The lowest BCUT2D eigenvalue weighted by Gasteiger charge is -2.33. The minimum atomic E-state index is -4.39. The van der Waals surface area contributed by atoms with E-state index in [1.165, 1.54) is 6.07 Å². The Morgan fingerprint density at radius 3 is 2.50 bits per heavy atom. The van der Waals surface area contributed by atoms with Gasteiger partial charge in [-0.2, -0.15) is 18.2 Å². The lowest BCUT2D eigenvalue weighted by molar-refractivity contribution is -0.138. The molecule has 0 aliphatic carbocycles. The van der Waals surface area contributed by atoms with Crippen LogP contribution in [0.5, 0.6) is 0 Å². The van der Waals surface area contributed by atoms with E-state index in [1.807, 2.05) is 47.5 Å². The number of alkyl halides is 3. The van der Waals surface area contributed by atoms with Crippen LogP contribution in [0, 0.1) is 0 Å². The summed E-state index contributed by atoms with van der Waals surface area (Å²) in [6, 6.07) is 17.2. The molecule has 40 heavy (non-hydrogen) atoms. The molecule has 1 fully saturated rings. The summed E-state index contributed by atoms with van der Waals surface area (Å²) < 4.78 is 40.8. The van der Waals surface area contributed by atoms with E-state index in [2.05, 4.69) is 15.6 Å². The molecule has 0 saturated carbocycles. The van der Waals surface area contributed by atoms with Crippen molar-refractivity contribution in [2.75, 3.05) is 29.9 Å². The Bertz CT molecular complexity index is 1620. The molecule has 3 N–H and O–H groups in total. The van der Waals surface area contributed by atoms with E-state index >= 15 is 0 Å². The number of para-hydroxylation sites is 1. The molecule has 10 heteroatoms. The first-order valence-electron chi connectivity index (χ1n) is 13.5. The van der Waals surface area contributed by atoms with Gasteiger partial charge in [0.1, 0.15) is 11.4 Å². The number of hydrogen-bond donors (Lipinski definition) is 3. The van der Waals surface area contributed by atoms with Crippen LogP contribution in [-0.2, 0) is 6.18 Å². The van der Waals surface area contributed by atoms with Crippen LogP contribution < -0.4 is 21.1 Å². The number of piperidine rings is 1. The molecule has 2 aromatic heterocycles. The van der Waals surface area contributed by atoms with Gasteiger partial charge < -0.3 is 15.5 Å². The van der Waals surface area contributed by atoms with Crippen LogP contribution in [-0.4, -0.2) is 34.6 Å². The van der Waals surface area contributed by atoms with Gasteiger partial charge in [-0.1, -0.05) is 42.5 Å². The fourth-order valence-corrected chi connectivity index (χ4v) is 5.56. The summed E-state index contributed by atoms with van der Waals surface area (Å²) in [6.45, 7) is 1.82. The second-order valence-electron chi connectivity index (χ2n) is 10.2. The van der Waals surface area contributed by atoms with Gasteiger partial charge in [-0.15, -0.1) is 0 Å². The fraction of sp³-hybridized carbons (Fsp3) is 0.300. The zero-order valence-electron chi connectivity index (χ0n) is 21.8. The molecule has 6 rings (SSSR count). The smallest absolute Gasteiger partial charge is 0.389 e. The van der Waals surface area contributed by atoms with Crippen molar-refractivity contribution >= 4 is 22.7 Å². The third-order valence-electron chi connectivity index (χ3n) is 7.58. The van der Waals surface area contributed by atoms with Crippen molar-refractivity contribution in [3.63, 3.8) is 0 Å². The molecule has 0 amide bonds. The van der Waals surface area contributed by atoms with Crippen LogP contribution in [0.25, 0.3) is 22.2 Å². The summed E-state index contributed by atoms with van der Waals surface area (Å²) in [5.74, 6) is 0.572. The zero-order chi connectivity index (χ0) is 27.7. The third-order valence-corrected chi connectivity index (χ3v) is 7.58. The van der Waals surface area contributed by atoms with Gasteiger partial charge in [0.2, 0.25) is 5.95 Å². The van der Waals surface area contributed by atoms with Gasteiger partial charge in [0.25, 0.3) is 5.56 Å². The summed E-state index contributed by atoms with van der Waals surface area (Å²) in [6.07, 6.45) is 0.297. The molecule has 1 saturated heterocycles. The summed E-state index contributed by atoms with van der Waals surface area (Å²) in [4.78, 5) is 28.0. The zero-order valence-corrected chi connectivity index (χ0v) is 21.8. The molecule has 2 aromatic carbocycles. The van der Waals surface area contributed by atoms with Gasteiger partial charge in [-0.25, -0.2) is 4.98 Å². The van der Waals surface area contributed by atoms with E-state index in [0.29, 0.717) is 54.5 Å². The van der Waals surface area contributed by atoms with Crippen molar-refractivity contribution in [2.45, 2.75) is 37.8 Å². The van der Waals surface area contributed by atoms with Crippen LogP contribution in [0.15, 0.2) is 77.4 Å². The van der Waals surface area contributed by atoms with E-state index in [4.69, 9.17) is 9.97 Å². The number of rotatable bonds is 5. The van der Waals surface area contributed by atoms with Crippen LogP contribution in [0.1, 0.15) is 42.7 Å². The molecular formula is C30H29F3N6O. The number of H-pyrrole nitrogens is 1. The largest absolute Gasteiger partial charge is 0.416 e. The number of nitrogens with zero attached hydrogens (tertiary/aromatic N) is 3. The third kappa shape index (κ3) is 5.25.